The number of carboxylic acid groups (broad SMARTS) is 1. The second-order valence-corrected chi connectivity index (χ2v) is 4.38. The molecule has 0 radical (unpaired) electrons. The van der Waals surface area contributed by atoms with Crippen LogP contribution in [0.3, 0.4) is 0 Å². The molecule has 1 aliphatic rings. The smallest absolute Gasteiger partial charge is 0.339 e. The van der Waals surface area contributed by atoms with E-state index in [9.17, 15) is 9.59 Å². The monoisotopic (exact) mass is 249 g/mol. The fraction of sp³-hybridized carbons (Fsp3) is 0.385. The fourth-order valence-electron chi connectivity index (χ4n) is 2.05. The molecule has 96 valence electrons. The van der Waals surface area contributed by atoms with Gasteiger partial charge in [-0.3, -0.25) is 4.79 Å². The summed E-state index contributed by atoms with van der Waals surface area (Å²) in [5.41, 5.74) is 6.12. The highest BCUT2D eigenvalue weighted by molar-refractivity contribution is 5.93. The van der Waals surface area contributed by atoms with Crippen LogP contribution in [0.1, 0.15) is 36.0 Å². The summed E-state index contributed by atoms with van der Waals surface area (Å²) < 4.78 is 5.67. The largest absolute Gasteiger partial charge is 0.487 e. The Labute approximate surface area is 105 Å². The lowest BCUT2D eigenvalue weighted by atomic mass is 9.96. The van der Waals surface area contributed by atoms with Gasteiger partial charge in [0, 0.05) is 12.8 Å². The third-order valence-electron chi connectivity index (χ3n) is 3.05. The average Bonchev–Trinajstić information content (AvgIpc) is 2.34. The van der Waals surface area contributed by atoms with Crippen LogP contribution >= 0.6 is 0 Å². The van der Waals surface area contributed by atoms with Crippen molar-refractivity contribution < 1.29 is 19.4 Å². The fourth-order valence-corrected chi connectivity index (χ4v) is 2.05. The summed E-state index contributed by atoms with van der Waals surface area (Å²) in [6.45, 7) is 0. The lowest BCUT2D eigenvalue weighted by Gasteiger charge is -2.24. The summed E-state index contributed by atoms with van der Waals surface area (Å²) in [7, 11) is 0. The van der Waals surface area contributed by atoms with Gasteiger partial charge in [0.2, 0.25) is 0 Å². The Morgan fingerprint density at radius 3 is 2.61 bits per heavy atom. The number of aromatic carboxylic acids is 1. The molecule has 1 fully saturated rings. The number of hydrogen-bond donors (Lipinski definition) is 2. The number of hydrogen-bond acceptors (Lipinski definition) is 4. The SMILES string of the molecule is Nc1cccc(C(=O)O)c1OC1CCC(=O)CC1. The van der Waals surface area contributed by atoms with Crippen molar-refractivity contribution in [3.8, 4) is 5.75 Å². The molecule has 0 aliphatic heterocycles. The van der Waals surface area contributed by atoms with Crippen molar-refractivity contribution in [1.82, 2.24) is 0 Å². The maximum Gasteiger partial charge on any atom is 0.339 e. The first-order valence-electron chi connectivity index (χ1n) is 5.88. The molecule has 0 bridgehead atoms. The number of nitrogens with two attached hydrogens (primary N) is 1. The highest BCUT2D eigenvalue weighted by Gasteiger charge is 2.23. The van der Waals surface area contributed by atoms with E-state index in [1.165, 1.54) is 6.07 Å². The maximum absolute atomic E-state index is 11.1. The molecule has 1 aromatic carbocycles. The van der Waals surface area contributed by atoms with Crippen LogP contribution in [-0.4, -0.2) is 23.0 Å². The number of anilines is 1. The van der Waals surface area contributed by atoms with Crippen LogP contribution in [0.2, 0.25) is 0 Å². The van der Waals surface area contributed by atoms with Crippen LogP contribution in [0, 0.1) is 0 Å². The molecule has 0 aromatic heterocycles. The maximum atomic E-state index is 11.1. The molecule has 2 rings (SSSR count). The summed E-state index contributed by atoms with van der Waals surface area (Å²) in [5, 5.41) is 9.07. The molecule has 0 heterocycles. The van der Waals surface area contributed by atoms with Crippen LogP contribution in [0.5, 0.6) is 5.75 Å². The summed E-state index contributed by atoms with van der Waals surface area (Å²) in [6.07, 6.45) is 2.07. The molecule has 0 spiro atoms. The lowest BCUT2D eigenvalue weighted by molar-refractivity contribution is -0.121. The van der Waals surface area contributed by atoms with E-state index in [1.807, 2.05) is 0 Å². The third-order valence-corrected chi connectivity index (χ3v) is 3.05. The number of ether oxygens (including phenoxy) is 1. The van der Waals surface area contributed by atoms with Crippen molar-refractivity contribution in [2.24, 2.45) is 0 Å². The van der Waals surface area contributed by atoms with Gasteiger partial charge >= 0.3 is 5.97 Å². The van der Waals surface area contributed by atoms with Crippen LogP contribution in [-0.2, 0) is 4.79 Å². The molecule has 0 saturated heterocycles. The van der Waals surface area contributed by atoms with Crippen LogP contribution < -0.4 is 10.5 Å². The lowest BCUT2D eigenvalue weighted by Crippen LogP contribution is -2.25. The van der Waals surface area contributed by atoms with Crippen LogP contribution in [0.4, 0.5) is 5.69 Å². The van der Waals surface area contributed by atoms with Crippen LogP contribution in [0.15, 0.2) is 18.2 Å². The summed E-state index contributed by atoms with van der Waals surface area (Å²) in [6, 6.07) is 4.65. The van der Waals surface area contributed by atoms with E-state index in [0.29, 0.717) is 31.4 Å². The number of rotatable bonds is 3. The molecule has 3 N–H and O–H groups in total. The van der Waals surface area contributed by atoms with Crippen molar-refractivity contribution in [1.29, 1.82) is 0 Å². The van der Waals surface area contributed by atoms with E-state index < -0.39 is 5.97 Å². The van der Waals surface area contributed by atoms with Crippen LogP contribution in [0.25, 0.3) is 0 Å². The molecule has 0 atom stereocenters. The van der Waals surface area contributed by atoms with Gasteiger partial charge in [-0.2, -0.15) is 0 Å². The van der Waals surface area contributed by atoms with E-state index in [-0.39, 0.29) is 23.2 Å². The van der Waals surface area contributed by atoms with Crippen molar-refractivity contribution in [2.75, 3.05) is 5.73 Å². The molecule has 5 nitrogen and oxygen atoms in total. The number of benzene rings is 1. The van der Waals surface area contributed by atoms with Gasteiger partial charge in [-0.25, -0.2) is 4.79 Å². The first-order chi connectivity index (χ1) is 8.58. The van der Waals surface area contributed by atoms with Gasteiger partial charge in [-0.1, -0.05) is 6.07 Å². The standard InChI is InChI=1S/C13H15NO4/c14-11-3-1-2-10(13(16)17)12(11)18-9-6-4-8(15)5-7-9/h1-3,9H,4-7,14H2,(H,16,17). The molecule has 5 heteroatoms. The van der Waals surface area contributed by atoms with Gasteiger partial charge < -0.3 is 15.6 Å². The normalized spacial score (nSPS) is 16.6. The number of carbonyl (C=O) groups excluding carboxylic acids is 1. The molecule has 1 aromatic rings. The number of carbonyl (C=O) groups is 2. The molecule has 0 unspecified atom stereocenters. The average molecular weight is 249 g/mol. The van der Waals surface area contributed by atoms with E-state index in [4.69, 9.17) is 15.6 Å². The van der Waals surface area contributed by atoms with Gasteiger partial charge in [0.15, 0.2) is 5.75 Å². The molecule has 18 heavy (non-hydrogen) atoms. The molecular formula is C13H15NO4. The highest BCUT2D eigenvalue weighted by Crippen LogP contribution is 2.30. The molecule has 1 aliphatic carbocycles. The van der Waals surface area contributed by atoms with E-state index in [2.05, 4.69) is 0 Å². The second-order valence-electron chi connectivity index (χ2n) is 4.38. The van der Waals surface area contributed by atoms with Gasteiger partial charge in [0.05, 0.1) is 11.8 Å². The zero-order valence-electron chi connectivity index (χ0n) is 9.89. The predicted octanol–water partition coefficient (Wildman–Crippen LogP) is 1.86. The van der Waals surface area contributed by atoms with Gasteiger partial charge in [-0.15, -0.1) is 0 Å². The van der Waals surface area contributed by atoms with E-state index >= 15 is 0 Å². The topological polar surface area (TPSA) is 89.6 Å². The number of Topliss-reactive ketones (excluding diaryl/α,β-unsaturated/α-hetero) is 1. The zero-order valence-corrected chi connectivity index (χ0v) is 9.89. The van der Waals surface area contributed by atoms with Crippen molar-refractivity contribution in [2.45, 2.75) is 31.8 Å². The third kappa shape index (κ3) is 2.61. The minimum absolute atomic E-state index is 0.0619. The van der Waals surface area contributed by atoms with E-state index in [1.54, 1.807) is 12.1 Å². The Bertz CT molecular complexity index is 474. The number of nitrogen functional groups attached to an aromatic ring is 1. The summed E-state index contributed by atoms with van der Waals surface area (Å²) in [4.78, 5) is 22.2. The summed E-state index contributed by atoms with van der Waals surface area (Å²) >= 11 is 0. The Balaban J connectivity index is 2.18. The summed E-state index contributed by atoms with van der Waals surface area (Å²) in [5.74, 6) is -0.622. The zero-order chi connectivity index (χ0) is 13.1. The molecular weight excluding hydrogens is 234 g/mol. The number of ketones is 1. The predicted molar refractivity (Wildman–Crippen MR) is 65.7 cm³/mol. The molecule has 0 amide bonds. The van der Waals surface area contributed by atoms with Gasteiger partial charge in [-0.05, 0) is 25.0 Å². The highest BCUT2D eigenvalue weighted by atomic mass is 16.5. The minimum atomic E-state index is -1.07. The van der Waals surface area contributed by atoms with Crippen molar-refractivity contribution >= 4 is 17.4 Å². The first kappa shape index (κ1) is 12.4. The van der Waals surface area contributed by atoms with Gasteiger partial charge in [0.25, 0.3) is 0 Å². The van der Waals surface area contributed by atoms with E-state index in [0.717, 1.165) is 0 Å². The quantitative estimate of drug-likeness (QED) is 0.798. The first-order valence-corrected chi connectivity index (χ1v) is 5.88. The Morgan fingerprint density at radius 2 is 2.00 bits per heavy atom. The Kier molecular flexibility index (Phi) is 3.50. The Hall–Kier alpha value is -2.04. The second kappa shape index (κ2) is 5.08. The van der Waals surface area contributed by atoms with Crippen molar-refractivity contribution in [3.05, 3.63) is 23.8 Å². The molecule has 1 saturated carbocycles. The minimum Gasteiger partial charge on any atom is -0.487 e. The van der Waals surface area contributed by atoms with Crippen molar-refractivity contribution in [3.63, 3.8) is 0 Å². The Morgan fingerprint density at radius 1 is 1.33 bits per heavy atom. The van der Waals surface area contributed by atoms with Gasteiger partial charge in [0.1, 0.15) is 11.3 Å². The number of carboxylic acids is 1. The number of para-hydroxylation sites is 1.